The molecule has 1 aliphatic rings. The normalized spacial score (nSPS) is 16.7. The summed E-state index contributed by atoms with van der Waals surface area (Å²) >= 11 is 1.44. The predicted octanol–water partition coefficient (Wildman–Crippen LogP) is 2.31. The van der Waals surface area contributed by atoms with Gasteiger partial charge in [-0.2, -0.15) is 5.10 Å². The van der Waals surface area contributed by atoms with Crippen LogP contribution in [0.2, 0.25) is 0 Å². The second-order valence-corrected chi connectivity index (χ2v) is 6.76. The van der Waals surface area contributed by atoms with Gasteiger partial charge in [-0.15, -0.1) is 11.3 Å². The van der Waals surface area contributed by atoms with Gasteiger partial charge in [-0.1, -0.05) is 31.2 Å². The molecule has 0 amide bonds. The quantitative estimate of drug-likeness (QED) is 0.622. The molecule has 1 saturated heterocycles. The molecule has 128 valence electrons. The van der Waals surface area contributed by atoms with Crippen molar-refractivity contribution in [2.45, 2.75) is 13.5 Å². The van der Waals surface area contributed by atoms with E-state index < -0.39 is 0 Å². The van der Waals surface area contributed by atoms with Crippen LogP contribution in [-0.2, 0) is 6.54 Å². The zero-order valence-electron chi connectivity index (χ0n) is 14.0. The van der Waals surface area contributed by atoms with E-state index in [4.69, 9.17) is 5.73 Å². The lowest BCUT2D eigenvalue weighted by Crippen LogP contribution is -2.45. The molecule has 6 nitrogen and oxygen atoms in total. The Hall–Kier alpha value is -1.96. The Morgan fingerprint density at radius 1 is 1.21 bits per heavy atom. The molecule has 0 atom stereocenters. The third kappa shape index (κ3) is 4.77. The first-order valence-corrected chi connectivity index (χ1v) is 9.14. The molecule has 0 aliphatic carbocycles. The second kappa shape index (κ2) is 8.23. The third-order valence-corrected chi connectivity index (χ3v) is 4.96. The fourth-order valence-electron chi connectivity index (χ4n) is 2.73. The molecule has 0 radical (unpaired) electrons. The number of thiazole rings is 1. The Kier molecular flexibility index (Phi) is 5.79. The van der Waals surface area contributed by atoms with Gasteiger partial charge >= 0.3 is 0 Å². The van der Waals surface area contributed by atoms with E-state index in [0.717, 1.165) is 31.7 Å². The molecule has 3 N–H and O–H groups in total. The maximum absolute atomic E-state index is 5.57. The maximum atomic E-state index is 5.57. The maximum Gasteiger partial charge on any atom is 0.205 e. The summed E-state index contributed by atoms with van der Waals surface area (Å²) in [5, 5.41) is 6.67. The van der Waals surface area contributed by atoms with Crippen LogP contribution < -0.4 is 11.2 Å². The molecule has 1 fully saturated rings. The molecule has 3 rings (SSSR count). The minimum absolute atomic E-state index is 0.516. The van der Waals surface area contributed by atoms with Crippen molar-refractivity contribution >= 4 is 28.5 Å². The number of anilines is 2. The van der Waals surface area contributed by atoms with Crippen molar-refractivity contribution in [3.8, 4) is 0 Å². The summed E-state index contributed by atoms with van der Waals surface area (Å²) in [6.07, 6.45) is 1.79. The van der Waals surface area contributed by atoms with Gasteiger partial charge in [0.2, 0.25) is 5.13 Å². The number of nitrogens with zero attached hydrogens (tertiary/aromatic N) is 4. The van der Waals surface area contributed by atoms with Gasteiger partial charge in [-0.05, 0) is 17.7 Å². The Morgan fingerprint density at radius 3 is 2.54 bits per heavy atom. The molecule has 0 unspecified atom stereocenters. The first-order valence-electron chi connectivity index (χ1n) is 8.26. The number of rotatable bonds is 6. The highest BCUT2D eigenvalue weighted by atomic mass is 32.1. The van der Waals surface area contributed by atoms with Crippen molar-refractivity contribution in [2.24, 2.45) is 5.10 Å². The summed E-state index contributed by atoms with van der Waals surface area (Å²) in [7, 11) is 0. The summed E-state index contributed by atoms with van der Waals surface area (Å²) in [6, 6.07) is 8.54. The van der Waals surface area contributed by atoms with Crippen molar-refractivity contribution in [1.82, 2.24) is 14.8 Å². The fraction of sp³-hybridized carbons (Fsp3) is 0.412. The topological polar surface area (TPSA) is 69.8 Å². The summed E-state index contributed by atoms with van der Waals surface area (Å²) in [5.41, 5.74) is 10.9. The molecule has 2 aromatic rings. The fourth-order valence-corrected chi connectivity index (χ4v) is 3.28. The number of hydrogen-bond acceptors (Lipinski definition) is 7. The van der Waals surface area contributed by atoms with Crippen LogP contribution in [0.4, 0.5) is 10.9 Å². The van der Waals surface area contributed by atoms with Crippen LogP contribution >= 0.6 is 11.3 Å². The molecule has 7 heteroatoms. The molecule has 1 aromatic heterocycles. The van der Waals surface area contributed by atoms with E-state index in [1.807, 2.05) is 0 Å². The summed E-state index contributed by atoms with van der Waals surface area (Å²) in [4.78, 5) is 9.11. The van der Waals surface area contributed by atoms with E-state index >= 15 is 0 Å². The van der Waals surface area contributed by atoms with Crippen LogP contribution in [0.15, 0.2) is 34.7 Å². The van der Waals surface area contributed by atoms with E-state index in [1.165, 1.54) is 30.0 Å². The first-order chi connectivity index (χ1) is 11.7. The van der Waals surface area contributed by atoms with Crippen molar-refractivity contribution in [1.29, 1.82) is 0 Å². The molecule has 0 bridgehead atoms. The number of nitrogens with one attached hydrogen (secondary N) is 1. The molecule has 0 saturated carbocycles. The highest BCUT2D eigenvalue weighted by molar-refractivity contribution is 7.14. The predicted molar refractivity (Wildman–Crippen MR) is 102 cm³/mol. The minimum atomic E-state index is 0.516. The van der Waals surface area contributed by atoms with Gasteiger partial charge in [0.05, 0.1) is 6.21 Å². The number of hydrazone groups is 1. The standard InChI is InChI=1S/C17H24N6S/c1-2-22-7-9-23(10-8-22)12-15-5-3-14(4-6-15)11-19-21-17-20-16(18)13-24-17/h3-6,11,13H,2,7-10,12,18H2,1H3,(H,20,21). The molecule has 24 heavy (non-hydrogen) atoms. The Balaban J connectivity index is 1.48. The van der Waals surface area contributed by atoms with Crippen LogP contribution in [0, 0.1) is 0 Å². The van der Waals surface area contributed by atoms with Gasteiger partial charge < -0.3 is 10.6 Å². The van der Waals surface area contributed by atoms with Crippen LogP contribution in [-0.4, -0.2) is 53.7 Å². The zero-order chi connectivity index (χ0) is 16.8. The zero-order valence-corrected chi connectivity index (χ0v) is 14.8. The van der Waals surface area contributed by atoms with Gasteiger partial charge in [-0.3, -0.25) is 10.3 Å². The lowest BCUT2D eigenvalue weighted by atomic mass is 10.1. The highest BCUT2D eigenvalue weighted by Crippen LogP contribution is 2.16. The van der Waals surface area contributed by atoms with Crippen LogP contribution in [0.5, 0.6) is 0 Å². The second-order valence-electron chi connectivity index (χ2n) is 5.90. The molecule has 1 aliphatic heterocycles. The molecule has 0 spiro atoms. The smallest absolute Gasteiger partial charge is 0.205 e. The summed E-state index contributed by atoms with van der Waals surface area (Å²) < 4.78 is 0. The van der Waals surface area contributed by atoms with E-state index in [-0.39, 0.29) is 0 Å². The third-order valence-electron chi connectivity index (χ3n) is 4.19. The Bertz CT molecular complexity index is 658. The van der Waals surface area contributed by atoms with Gasteiger partial charge in [-0.25, -0.2) is 4.98 Å². The van der Waals surface area contributed by atoms with Crippen molar-refractivity contribution in [3.63, 3.8) is 0 Å². The number of benzene rings is 1. The number of piperazine rings is 1. The van der Waals surface area contributed by atoms with E-state index in [1.54, 1.807) is 11.6 Å². The molecular weight excluding hydrogens is 320 g/mol. The number of nitrogen functional groups attached to an aromatic ring is 1. The number of hydrogen-bond donors (Lipinski definition) is 2. The van der Waals surface area contributed by atoms with Gasteiger partial charge in [0.25, 0.3) is 0 Å². The highest BCUT2D eigenvalue weighted by Gasteiger charge is 2.15. The molecule has 1 aromatic carbocycles. The monoisotopic (exact) mass is 344 g/mol. The van der Waals surface area contributed by atoms with Crippen LogP contribution in [0.3, 0.4) is 0 Å². The van der Waals surface area contributed by atoms with Gasteiger partial charge in [0.15, 0.2) is 0 Å². The average Bonchev–Trinajstić information content (AvgIpc) is 3.02. The first kappa shape index (κ1) is 16.9. The summed E-state index contributed by atoms with van der Waals surface area (Å²) in [6.45, 7) is 9.06. The van der Waals surface area contributed by atoms with Crippen molar-refractivity contribution in [3.05, 3.63) is 40.8 Å². The summed E-state index contributed by atoms with van der Waals surface area (Å²) in [5.74, 6) is 0.516. The lowest BCUT2D eigenvalue weighted by molar-refractivity contribution is 0.132. The lowest BCUT2D eigenvalue weighted by Gasteiger charge is -2.34. The van der Waals surface area contributed by atoms with Crippen molar-refractivity contribution < 1.29 is 0 Å². The van der Waals surface area contributed by atoms with Crippen molar-refractivity contribution in [2.75, 3.05) is 43.9 Å². The SMILES string of the molecule is CCN1CCN(Cc2ccc(C=NNc3nc(N)cs3)cc2)CC1. The Morgan fingerprint density at radius 2 is 1.92 bits per heavy atom. The van der Waals surface area contributed by atoms with Gasteiger partial charge in [0, 0.05) is 38.1 Å². The Labute approximate surface area is 147 Å². The van der Waals surface area contributed by atoms with Gasteiger partial charge in [0.1, 0.15) is 5.82 Å². The van der Waals surface area contributed by atoms with Crippen LogP contribution in [0.1, 0.15) is 18.1 Å². The molecular formula is C17H24N6S. The number of aromatic nitrogens is 1. The number of likely N-dealkylation sites (N-methyl/N-ethyl adjacent to an activating group) is 1. The van der Waals surface area contributed by atoms with E-state index in [2.05, 4.69) is 56.5 Å². The largest absolute Gasteiger partial charge is 0.383 e. The van der Waals surface area contributed by atoms with Crippen LogP contribution in [0.25, 0.3) is 0 Å². The van der Waals surface area contributed by atoms with E-state index in [9.17, 15) is 0 Å². The molecule has 2 heterocycles. The number of nitrogens with two attached hydrogens (primary N) is 1. The minimum Gasteiger partial charge on any atom is -0.383 e. The van der Waals surface area contributed by atoms with E-state index in [0.29, 0.717) is 10.9 Å². The average molecular weight is 344 g/mol.